The lowest BCUT2D eigenvalue weighted by Crippen LogP contribution is -2.51. The fraction of sp³-hybridized carbons (Fsp3) is 0.429. The minimum absolute atomic E-state index is 0.430. The summed E-state index contributed by atoms with van der Waals surface area (Å²) in [6, 6.07) is 3.22. The second-order valence-corrected chi connectivity index (χ2v) is 4.78. The maximum absolute atomic E-state index is 13.4. The van der Waals surface area contributed by atoms with Gasteiger partial charge in [-0.1, -0.05) is 13.0 Å². The van der Waals surface area contributed by atoms with Crippen LogP contribution in [0, 0.1) is 11.6 Å². The van der Waals surface area contributed by atoms with Gasteiger partial charge >= 0.3 is 11.8 Å². The Hall–Kier alpha value is -2.02. The predicted molar refractivity (Wildman–Crippen MR) is 73.7 cm³/mol. The molecule has 0 bridgehead atoms. The monoisotopic (exact) mass is 297 g/mol. The molecular weight excluding hydrogens is 280 g/mol. The second kappa shape index (κ2) is 6.62. The average molecular weight is 297 g/mol. The van der Waals surface area contributed by atoms with E-state index < -0.39 is 29.1 Å². The molecule has 1 aromatic carbocycles. The summed E-state index contributed by atoms with van der Waals surface area (Å²) in [4.78, 5) is 27.3. The highest BCUT2D eigenvalue weighted by atomic mass is 19.1. The van der Waals surface area contributed by atoms with Gasteiger partial charge in [-0.15, -0.1) is 0 Å². The van der Waals surface area contributed by atoms with E-state index >= 15 is 0 Å². The van der Waals surface area contributed by atoms with Crippen LogP contribution in [0.2, 0.25) is 0 Å². The number of rotatable bonds is 2. The number of nitrogens with one attached hydrogen (secondary N) is 1. The third-order valence-corrected chi connectivity index (χ3v) is 3.50. The van der Waals surface area contributed by atoms with Gasteiger partial charge in [0.05, 0.1) is 0 Å². The standard InChI is InChI=1S/C14H17F2N3O2/c1-2-18-6-8-19(9-7-18)14(21)13(20)17-12-10(15)4-3-5-11(12)16/h3-5H,2,6-9H2,1H3,(H,17,20). The van der Waals surface area contributed by atoms with Gasteiger partial charge in [0.15, 0.2) is 0 Å². The molecule has 2 amide bonds. The van der Waals surface area contributed by atoms with Crippen LogP contribution in [0.25, 0.3) is 0 Å². The SMILES string of the molecule is CCN1CCN(C(=O)C(=O)Nc2c(F)cccc2F)CC1. The number of benzene rings is 1. The van der Waals surface area contributed by atoms with Crippen molar-refractivity contribution < 1.29 is 18.4 Å². The van der Waals surface area contributed by atoms with Gasteiger partial charge < -0.3 is 15.1 Å². The van der Waals surface area contributed by atoms with Crippen LogP contribution in [-0.4, -0.2) is 54.3 Å². The number of hydrogen-bond acceptors (Lipinski definition) is 3. The van der Waals surface area contributed by atoms with E-state index in [-0.39, 0.29) is 0 Å². The molecule has 0 unspecified atom stereocenters. The number of anilines is 1. The Morgan fingerprint density at radius 2 is 1.71 bits per heavy atom. The zero-order valence-corrected chi connectivity index (χ0v) is 11.7. The Morgan fingerprint density at radius 1 is 1.14 bits per heavy atom. The van der Waals surface area contributed by atoms with Gasteiger partial charge in [0, 0.05) is 26.2 Å². The molecule has 0 spiro atoms. The number of likely N-dealkylation sites (N-methyl/N-ethyl adjacent to an activating group) is 1. The lowest BCUT2D eigenvalue weighted by molar-refractivity contribution is -0.144. The summed E-state index contributed by atoms with van der Waals surface area (Å²) in [7, 11) is 0. The summed E-state index contributed by atoms with van der Waals surface area (Å²) in [5.41, 5.74) is -0.594. The molecule has 0 saturated carbocycles. The summed E-state index contributed by atoms with van der Waals surface area (Å²) in [5.74, 6) is -3.61. The lowest BCUT2D eigenvalue weighted by Gasteiger charge is -2.33. The van der Waals surface area contributed by atoms with Crippen LogP contribution in [0.4, 0.5) is 14.5 Å². The zero-order chi connectivity index (χ0) is 15.4. The van der Waals surface area contributed by atoms with Crippen LogP contribution in [0.5, 0.6) is 0 Å². The Balaban J connectivity index is 1.99. The van der Waals surface area contributed by atoms with E-state index in [0.29, 0.717) is 26.2 Å². The Kier molecular flexibility index (Phi) is 4.85. The number of piperazine rings is 1. The molecule has 1 N–H and O–H groups in total. The number of carbonyl (C=O) groups excluding carboxylic acids is 2. The van der Waals surface area contributed by atoms with E-state index in [2.05, 4.69) is 4.90 Å². The quantitative estimate of drug-likeness (QED) is 0.831. The first-order valence-electron chi connectivity index (χ1n) is 6.79. The molecule has 0 aliphatic carbocycles. The molecule has 114 valence electrons. The molecule has 5 nitrogen and oxygen atoms in total. The molecule has 1 heterocycles. The molecule has 0 radical (unpaired) electrons. The topological polar surface area (TPSA) is 52.7 Å². The maximum Gasteiger partial charge on any atom is 0.314 e. The van der Waals surface area contributed by atoms with Gasteiger partial charge in [0.2, 0.25) is 0 Å². The molecule has 0 atom stereocenters. The highest BCUT2D eigenvalue weighted by Gasteiger charge is 2.26. The molecule has 1 aromatic rings. The molecule has 1 fully saturated rings. The van der Waals surface area contributed by atoms with Crippen molar-refractivity contribution in [2.45, 2.75) is 6.92 Å². The molecule has 21 heavy (non-hydrogen) atoms. The molecular formula is C14H17F2N3O2. The van der Waals surface area contributed by atoms with Crippen molar-refractivity contribution in [2.24, 2.45) is 0 Å². The minimum atomic E-state index is -1.02. The summed E-state index contributed by atoms with van der Waals surface area (Å²) < 4.78 is 26.9. The predicted octanol–water partition coefficient (Wildman–Crippen LogP) is 1.07. The van der Waals surface area contributed by atoms with E-state index in [9.17, 15) is 18.4 Å². The van der Waals surface area contributed by atoms with Gasteiger partial charge in [0.25, 0.3) is 0 Å². The van der Waals surface area contributed by atoms with E-state index in [1.165, 1.54) is 11.0 Å². The summed E-state index contributed by atoms with van der Waals surface area (Å²) in [6.45, 7) is 5.13. The normalized spacial score (nSPS) is 15.9. The van der Waals surface area contributed by atoms with Crippen molar-refractivity contribution in [1.29, 1.82) is 0 Å². The van der Waals surface area contributed by atoms with Crippen LogP contribution in [0.3, 0.4) is 0 Å². The molecule has 0 aromatic heterocycles. The third kappa shape index (κ3) is 3.55. The maximum atomic E-state index is 13.4. The first kappa shape index (κ1) is 15.4. The molecule has 1 aliphatic heterocycles. The summed E-state index contributed by atoms with van der Waals surface area (Å²) >= 11 is 0. The molecule has 1 aliphatic rings. The van der Waals surface area contributed by atoms with Crippen LogP contribution in [-0.2, 0) is 9.59 Å². The minimum Gasteiger partial charge on any atom is -0.332 e. The third-order valence-electron chi connectivity index (χ3n) is 3.50. The largest absolute Gasteiger partial charge is 0.332 e. The number of carbonyl (C=O) groups is 2. The Labute approximate surface area is 121 Å². The fourth-order valence-electron chi connectivity index (χ4n) is 2.20. The first-order valence-corrected chi connectivity index (χ1v) is 6.79. The summed E-state index contributed by atoms with van der Waals surface area (Å²) in [5, 5.41) is 2.01. The van der Waals surface area contributed by atoms with Crippen LogP contribution < -0.4 is 5.32 Å². The lowest BCUT2D eigenvalue weighted by atomic mass is 10.2. The molecule has 2 rings (SSSR count). The van der Waals surface area contributed by atoms with Crippen molar-refractivity contribution >= 4 is 17.5 Å². The van der Waals surface area contributed by atoms with E-state index in [4.69, 9.17) is 0 Å². The van der Waals surface area contributed by atoms with Crippen molar-refractivity contribution in [3.05, 3.63) is 29.8 Å². The smallest absolute Gasteiger partial charge is 0.314 e. The van der Waals surface area contributed by atoms with Crippen LogP contribution in [0.15, 0.2) is 18.2 Å². The second-order valence-electron chi connectivity index (χ2n) is 4.78. The average Bonchev–Trinajstić information content (AvgIpc) is 2.50. The van der Waals surface area contributed by atoms with E-state index in [0.717, 1.165) is 18.7 Å². The van der Waals surface area contributed by atoms with Crippen LogP contribution >= 0.6 is 0 Å². The van der Waals surface area contributed by atoms with E-state index in [1.807, 2.05) is 12.2 Å². The number of amides is 2. The highest BCUT2D eigenvalue weighted by Crippen LogP contribution is 2.18. The van der Waals surface area contributed by atoms with Crippen LogP contribution in [0.1, 0.15) is 6.92 Å². The Morgan fingerprint density at radius 3 is 2.24 bits per heavy atom. The number of halogens is 2. The Bertz CT molecular complexity index is 523. The van der Waals surface area contributed by atoms with Crippen molar-refractivity contribution in [3.63, 3.8) is 0 Å². The zero-order valence-electron chi connectivity index (χ0n) is 11.7. The fourth-order valence-corrected chi connectivity index (χ4v) is 2.20. The number of hydrogen-bond donors (Lipinski definition) is 1. The number of para-hydroxylation sites is 1. The summed E-state index contributed by atoms with van der Waals surface area (Å²) in [6.07, 6.45) is 0. The van der Waals surface area contributed by atoms with Gasteiger partial charge in [-0.25, -0.2) is 8.78 Å². The van der Waals surface area contributed by atoms with Gasteiger partial charge in [0.1, 0.15) is 17.3 Å². The molecule has 7 heteroatoms. The van der Waals surface area contributed by atoms with Crippen molar-refractivity contribution in [2.75, 3.05) is 38.0 Å². The number of nitrogens with zero attached hydrogens (tertiary/aromatic N) is 2. The van der Waals surface area contributed by atoms with E-state index in [1.54, 1.807) is 0 Å². The van der Waals surface area contributed by atoms with Gasteiger partial charge in [-0.3, -0.25) is 9.59 Å². The first-order chi connectivity index (χ1) is 10.0. The highest BCUT2D eigenvalue weighted by molar-refractivity contribution is 6.39. The van der Waals surface area contributed by atoms with Crippen molar-refractivity contribution in [1.82, 2.24) is 9.80 Å². The van der Waals surface area contributed by atoms with Gasteiger partial charge in [-0.2, -0.15) is 0 Å². The van der Waals surface area contributed by atoms with Crippen molar-refractivity contribution in [3.8, 4) is 0 Å². The molecule has 1 saturated heterocycles. The van der Waals surface area contributed by atoms with Gasteiger partial charge in [-0.05, 0) is 18.7 Å².